The van der Waals surface area contributed by atoms with Crippen molar-refractivity contribution in [2.75, 3.05) is 6.61 Å². The largest absolute Gasteiger partial charge is 0.747 e. The van der Waals surface area contributed by atoms with Crippen LogP contribution in [0.3, 0.4) is 0 Å². The molecule has 1 N–H and O–H groups in total. The topological polar surface area (TPSA) is 113 Å². The summed E-state index contributed by atoms with van der Waals surface area (Å²) in [5.74, 6) is -0.394. The van der Waals surface area contributed by atoms with Crippen LogP contribution < -0.4 is 0 Å². The van der Waals surface area contributed by atoms with Gasteiger partial charge in [-0.3, -0.25) is 4.79 Å². The highest BCUT2D eigenvalue weighted by Crippen LogP contribution is 2.17. The molecule has 1 aliphatic heterocycles. The van der Waals surface area contributed by atoms with Crippen molar-refractivity contribution in [2.45, 2.75) is 11.4 Å². The van der Waals surface area contributed by atoms with Gasteiger partial charge in [0.1, 0.15) is 28.1 Å². The van der Waals surface area contributed by atoms with Crippen LogP contribution in [-0.2, 0) is 24.4 Å². The van der Waals surface area contributed by atoms with E-state index in [4.69, 9.17) is 5.11 Å². The molecule has 0 saturated heterocycles. The van der Waals surface area contributed by atoms with E-state index >= 15 is 0 Å². The fraction of sp³-hybridized carbons (Fsp3) is 0.500. The monoisotopic (exact) mass is 223 g/mol. The van der Waals surface area contributed by atoms with Crippen LogP contribution in [-0.4, -0.2) is 42.5 Å². The maximum absolute atomic E-state index is 10.6. The molecule has 0 aromatic rings. The number of hydrogen-bond donors (Lipinski definition) is 1. The highest BCUT2D eigenvalue weighted by Gasteiger charge is 2.30. The van der Waals surface area contributed by atoms with E-state index in [0.717, 1.165) is 6.08 Å². The smallest absolute Gasteiger partial charge is 0.300 e. The Morgan fingerprint density at radius 3 is 2.86 bits per heavy atom. The number of hydrogen-bond acceptors (Lipinski definition) is 7. The molecule has 0 aromatic heterocycles. The summed E-state index contributed by atoms with van der Waals surface area (Å²) in [6.07, 6.45) is -0.693. The second-order valence-corrected chi connectivity index (χ2v) is 4.07. The lowest BCUT2D eigenvalue weighted by Crippen LogP contribution is -2.39. The van der Waals surface area contributed by atoms with Crippen LogP contribution in [0.5, 0.6) is 0 Å². The summed E-state index contributed by atoms with van der Waals surface area (Å²) in [4.78, 5) is 9.88. The Balaban J connectivity index is 2.92. The molecule has 1 unspecified atom stereocenters. The Hall–Kier alpha value is -1.12. The van der Waals surface area contributed by atoms with Crippen molar-refractivity contribution >= 4 is 16.6 Å². The Labute approximate surface area is 79.7 Å². The van der Waals surface area contributed by atoms with Gasteiger partial charge in [-0.2, -0.15) is 0 Å². The Morgan fingerprint density at radius 1 is 1.71 bits per heavy atom. The molecule has 8 heteroatoms. The molecule has 2 atom stereocenters. The van der Waals surface area contributed by atoms with Crippen LogP contribution in [0.15, 0.2) is 12.0 Å². The summed E-state index contributed by atoms with van der Waals surface area (Å²) in [6, 6.07) is 0. The van der Waals surface area contributed by atoms with Crippen molar-refractivity contribution in [2.24, 2.45) is 0 Å². The van der Waals surface area contributed by atoms with Crippen LogP contribution in [0, 0.1) is 0 Å². The van der Waals surface area contributed by atoms with E-state index in [0.29, 0.717) is 0 Å². The van der Waals surface area contributed by atoms with Crippen molar-refractivity contribution in [3.05, 3.63) is 12.0 Å². The van der Waals surface area contributed by atoms with Crippen LogP contribution in [0.4, 0.5) is 0 Å². The maximum atomic E-state index is 10.6. The van der Waals surface area contributed by atoms with E-state index in [1.54, 1.807) is 0 Å². The van der Waals surface area contributed by atoms with Crippen molar-refractivity contribution < 1.29 is 32.3 Å². The number of aliphatic hydroxyl groups excluding tert-OH is 1. The van der Waals surface area contributed by atoms with Crippen LogP contribution in [0.2, 0.25) is 0 Å². The molecule has 0 fully saturated rings. The summed E-state index contributed by atoms with van der Waals surface area (Å²) in [6.45, 7) is -0.385. The molecule has 0 aromatic carbocycles. The van der Waals surface area contributed by atoms with Gasteiger partial charge < -0.3 is 19.1 Å². The zero-order valence-electron chi connectivity index (χ0n) is 6.82. The molecule has 1 heterocycles. The lowest BCUT2D eigenvalue weighted by Gasteiger charge is -2.27. The first-order valence-corrected chi connectivity index (χ1v) is 5.00. The van der Waals surface area contributed by atoms with Crippen molar-refractivity contribution in [1.29, 1.82) is 0 Å². The normalized spacial score (nSPS) is 27.4. The number of carbonyl (C=O) groups excluding carboxylic acids is 1. The molecule has 0 radical (unpaired) electrons. The van der Waals surface area contributed by atoms with Crippen LogP contribution in [0.1, 0.15) is 0 Å². The van der Waals surface area contributed by atoms with Gasteiger partial charge in [0.05, 0.1) is 0 Å². The Morgan fingerprint density at radius 2 is 2.36 bits per heavy atom. The summed E-state index contributed by atoms with van der Waals surface area (Å²) in [5.41, 5.74) is 0. The van der Waals surface area contributed by atoms with Crippen LogP contribution in [0.25, 0.3) is 0 Å². The van der Waals surface area contributed by atoms with Gasteiger partial charge in [0.15, 0.2) is 0 Å². The molecule has 1 rings (SSSR count). The Kier molecular flexibility index (Phi) is 3.09. The standard InChI is InChI=1S/C6H8O7S/c7-3-13-6-1-5(14(9,10)11)4(8)2-12-6/h1,3-5,8H,2H2,(H,9,10,11)/p-1/t4?,5-/m1/s1. The van der Waals surface area contributed by atoms with E-state index in [9.17, 15) is 17.8 Å². The van der Waals surface area contributed by atoms with E-state index in [2.05, 4.69) is 9.47 Å². The van der Waals surface area contributed by atoms with Crippen LogP contribution >= 0.6 is 0 Å². The maximum Gasteiger partial charge on any atom is 0.300 e. The van der Waals surface area contributed by atoms with Crippen molar-refractivity contribution in [1.82, 2.24) is 0 Å². The SMILES string of the molecule is O=COC1=C[C@@H](S(=O)(=O)[O-])C(O)CO1. The van der Waals surface area contributed by atoms with E-state index in [1.165, 1.54) is 0 Å². The molecule has 0 saturated carbocycles. The minimum Gasteiger partial charge on any atom is -0.747 e. The molecule has 0 bridgehead atoms. The van der Waals surface area contributed by atoms with Crippen molar-refractivity contribution in [3.63, 3.8) is 0 Å². The third-order valence-corrected chi connectivity index (χ3v) is 2.69. The predicted molar refractivity (Wildman–Crippen MR) is 40.7 cm³/mol. The third-order valence-electron chi connectivity index (χ3n) is 1.57. The summed E-state index contributed by atoms with van der Waals surface area (Å²) >= 11 is 0. The number of carbonyl (C=O) groups is 1. The van der Waals surface area contributed by atoms with Gasteiger partial charge in [-0.1, -0.05) is 0 Å². The van der Waals surface area contributed by atoms with Gasteiger partial charge in [-0.15, -0.1) is 0 Å². The fourth-order valence-corrected chi connectivity index (χ4v) is 1.69. The minimum absolute atomic E-state index is 0.0258. The molecule has 80 valence electrons. The second-order valence-electron chi connectivity index (χ2n) is 2.54. The highest BCUT2D eigenvalue weighted by atomic mass is 32.2. The quantitative estimate of drug-likeness (QED) is 0.448. The first kappa shape index (κ1) is 11.0. The van der Waals surface area contributed by atoms with E-state index in [1.807, 2.05) is 0 Å². The third kappa shape index (κ3) is 2.44. The van der Waals surface area contributed by atoms with Gasteiger partial charge in [0.25, 0.3) is 5.95 Å². The molecular formula is C6H7O7S-. The van der Waals surface area contributed by atoms with Gasteiger partial charge in [0, 0.05) is 6.08 Å². The molecule has 7 nitrogen and oxygen atoms in total. The van der Waals surface area contributed by atoms with E-state index in [-0.39, 0.29) is 6.47 Å². The fourth-order valence-electron chi connectivity index (χ4n) is 0.952. The molecule has 0 spiro atoms. The number of rotatable bonds is 3. The lowest BCUT2D eigenvalue weighted by molar-refractivity contribution is -0.132. The molecule has 0 amide bonds. The first-order valence-electron chi connectivity index (χ1n) is 3.53. The Bertz CT molecular complexity index is 343. The minimum atomic E-state index is -4.68. The van der Waals surface area contributed by atoms with Gasteiger partial charge >= 0.3 is 6.47 Å². The molecule has 1 aliphatic rings. The first-order chi connectivity index (χ1) is 6.45. The molecular weight excluding hydrogens is 216 g/mol. The predicted octanol–water partition coefficient (Wildman–Crippen LogP) is -1.69. The summed E-state index contributed by atoms with van der Waals surface area (Å²) < 4.78 is 40.6. The van der Waals surface area contributed by atoms with Gasteiger partial charge in [-0.05, 0) is 0 Å². The van der Waals surface area contributed by atoms with Gasteiger partial charge in [-0.25, -0.2) is 8.42 Å². The number of ether oxygens (including phenoxy) is 2. The zero-order chi connectivity index (χ0) is 10.8. The average molecular weight is 223 g/mol. The highest BCUT2D eigenvalue weighted by molar-refractivity contribution is 7.86. The molecule has 14 heavy (non-hydrogen) atoms. The second kappa shape index (κ2) is 3.95. The van der Waals surface area contributed by atoms with E-state index < -0.39 is 34.0 Å². The zero-order valence-corrected chi connectivity index (χ0v) is 7.64. The summed E-state index contributed by atoms with van der Waals surface area (Å²) in [5, 5.41) is 7.45. The van der Waals surface area contributed by atoms with Gasteiger partial charge in [0.2, 0.25) is 0 Å². The summed E-state index contributed by atoms with van der Waals surface area (Å²) in [7, 11) is -4.68. The van der Waals surface area contributed by atoms with Crippen molar-refractivity contribution in [3.8, 4) is 0 Å². The average Bonchev–Trinajstić information content (AvgIpc) is 2.07. The lowest BCUT2D eigenvalue weighted by atomic mass is 10.2. The number of aliphatic hydroxyl groups is 1. The molecule has 0 aliphatic carbocycles.